The third-order valence-electron chi connectivity index (χ3n) is 3.15. The highest BCUT2D eigenvalue weighted by Crippen LogP contribution is 2.23. The van der Waals surface area contributed by atoms with Gasteiger partial charge in [-0.05, 0) is 19.1 Å². The van der Waals surface area contributed by atoms with Gasteiger partial charge in [-0.1, -0.05) is 32.0 Å². The molecule has 1 aromatic heterocycles. The maximum atomic E-state index is 11.8. The third kappa shape index (κ3) is 3.84. The van der Waals surface area contributed by atoms with Gasteiger partial charge in [-0.2, -0.15) is 0 Å². The van der Waals surface area contributed by atoms with Gasteiger partial charge in [0.15, 0.2) is 0 Å². The summed E-state index contributed by atoms with van der Waals surface area (Å²) in [5.74, 6) is 0.822. The Balaban J connectivity index is 1.90. The van der Waals surface area contributed by atoms with Crippen LogP contribution in [0.3, 0.4) is 0 Å². The van der Waals surface area contributed by atoms with Crippen LogP contribution in [0, 0.1) is 0 Å². The number of benzene rings is 1. The van der Waals surface area contributed by atoms with Crippen molar-refractivity contribution in [3.63, 3.8) is 0 Å². The number of amides is 1. The van der Waals surface area contributed by atoms with Gasteiger partial charge in [-0.3, -0.25) is 4.79 Å². The molecule has 1 atom stereocenters. The molecule has 20 heavy (non-hydrogen) atoms. The maximum absolute atomic E-state index is 11.8. The normalized spacial score (nSPS) is 12.8. The first-order chi connectivity index (χ1) is 9.56. The second-order valence-electron chi connectivity index (χ2n) is 5.33. The van der Waals surface area contributed by atoms with E-state index in [1.807, 2.05) is 37.3 Å². The molecule has 108 valence electrons. The standard InChI is InChI=1S/C16H22N2O2/c1-11(2)17-9-8-16(19)18-12(3)15-10-13-6-4-5-7-14(13)20-15/h4-7,10-12,17H,8-9H2,1-3H3,(H,18,19). The van der Waals surface area contributed by atoms with Gasteiger partial charge in [0.1, 0.15) is 11.3 Å². The lowest BCUT2D eigenvalue weighted by Crippen LogP contribution is -2.31. The van der Waals surface area contributed by atoms with Crippen LogP contribution in [0.25, 0.3) is 11.0 Å². The number of fused-ring (bicyclic) bond motifs is 1. The molecule has 2 N–H and O–H groups in total. The highest BCUT2D eigenvalue weighted by Gasteiger charge is 2.13. The number of hydrogen-bond donors (Lipinski definition) is 2. The summed E-state index contributed by atoms with van der Waals surface area (Å²) >= 11 is 0. The maximum Gasteiger partial charge on any atom is 0.221 e. The molecule has 0 radical (unpaired) electrons. The molecule has 4 nitrogen and oxygen atoms in total. The summed E-state index contributed by atoms with van der Waals surface area (Å²) in [5, 5.41) is 7.25. The van der Waals surface area contributed by atoms with Crippen LogP contribution in [0.15, 0.2) is 34.7 Å². The quantitative estimate of drug-likeness (QED) is 0.851. The average molecular weight is 274 g/mol. The van der Waals surface area contributed by atoms with E-state index >= 15 is 0 Å². The van der Waals surface area contributed by atoms with Gasteiger partial charge in [-0.25, -0.2) is 0 Å². The summed E-state index contributed by atoms with van der Waals surface area (Å²) in [6.07, 6.45) is 0.475. The Morgan fingerprint density at radius 2 is 2.00 bits per heavy atom. The second-order valence-corrected chi connectivity index (χ2v) is 5.33. The molecule has 1 unspecified atom stereocenters. The Kier molecular flexibility index (Phi) is 4.79. The molecule has 1 amide bonds. The molecule has 2 aromatic rings. The smallest absolute Gasteiger partial charge is 0.221 e. The van der Waals surface area contributed by atoms with E-state index in [-0.39, 0.29) is 11.9 Å². The van der Waals surface area contributed by atoms with Crippen molar-refractivity contribution in [3.8, 4) is 0 Å². The number of furan rings is 1. The fourth-order valence-electron chi connectivity index (χ4n) is 2.07. The fourth-order valence-corrected chi connectivity index (χ4v) is 2.07. The molecule has 4 heteroatoms. The molecule has 0 spiro atoms. The molecule has 0 aliphatic carbocycles. The second kappa shape index (κ2) is 6.57. The van der Waals surface area contributed by atoms with Crippen molar-refractivity contribution in [1.82, 2.24) is 10.6 Å². The van der Waals surface area contributed by atoms with Crippen LogP contribution < -0.4 is 10.6 Å². The molecule has 2 rings (SSSR count). The molecule has 1 heterocycles. The summed E-state index contributed by atoms with van der Waals surface area (Å²) in [6, 6.07) is 10.1. The van der Waals surface area contributed by atoms with Gasteiger partial charge in [-0.15, -0.1) is 0 Å². The van der Waals surface area contributed by atoms with Crippen molar-refractivity contribution in [2.45, 2.75) is 39.3 Å². The predicted molar refractivity (Wildman–Crippen MR) is 80.5 cm³/mol. The summed E-state index contributed by atoms with van der Waals surface area (Å²) in [6.45, 7) is 6.76. The summed E-state index contributed by atoms with van der Waals surface area (Å²) in [4.78, 5) is 11.8. The SMILES string of the molecule is CC(C)NCCC(=O)NC(C)c1cc2ccccc2o1. The number of nitrogens with one attached hydrogen (secondary N) is 2. The van der Waals surface area contributed by atoms with Crippen LogP contribution in [-0.4, -0.2) is 18.5 Å². The predicted octanol–water partition coefficient (Wildman–Crippen LogP) is 3.00. The molecule has 0 fully saturated rings. The van der Waals surface area contributed by atoms with Crippen molar-refractivity contribution in [2.24, 2.45) is 0 Å². The first-order valence-electron chi connectivity index (χ1n) is 7.07. The number of para-hydroxylation sites is 1. The Morgan fingerprint density at radius 3 is 2.70 bits per heavy atom. The van der Waals surface area contributed by atoms with Crippen LogP contribution in [0.2, 0.25) is 0 Å². The Morgan fingerprint density at radius 1 is 1.25 bits per heavy atom. The first-order valence-corrected chi connectivity index (χ1v) is 7.07. The fraction of sp³-hybridized carbons (Fsp3) is 0.438. The third-order valence-corrected chi connectivity index (χ3v) is 3.15. The summed E-state index contributed by atoms with van der Waals surface area (Å²) < 4.78 is 5.74. The Bertz CT molecular complexity index is 542. The van der Waals surface area contributed by atoms with Gasteiger partial charge in [0.25, 0.3) is 0 Å². The zero-order valence-corrected chi connectivity index (χ0v) is 12.3. The summed E-state index contributed by atoms with van der Waals surface area (Å²) in [5.41, 5.74) is 0.852. The van der Waals surface area contributed by atoms with Crippen molar-refractivity contribution < 1.29 is 9.21 Å². The average Bonchev–Trinajstić information content (AvgIpc) is 2.82. The van der Waals surface area contributed by atoms with Crippen LogP contribution >= 0.6 is 0 Å². The minimum atomic E-state index is -0.117. The zero-order valence-electron chi connectivity index (χ0n) is 12.3. The molecule has 1 aromatic carbocycles. The van der Waals surface area contributed by atoms with Gasteiger partial charge < -0.3 is 15.1 Å². The highest BCUT2D eigenvalue weighted by atomic mass is 16.3. The lowest BCUT2D eigenvalue weighted by molar-refractivity contribution is -0.121. The van der Waals surface area contributed by atoms with Crippen LogP contribution in [0.4, 0.5) is 0 Å². The van der Waals surface area contributed by atoms with Crippen molar-refractivity contribution >= 4 is 16.9 Å². The molecule has 0 aliphatic heterocycles. The first kappa shape index (κ1) is 14.6. The Hall–Kier alpha value is -1.81. The van der Waals surface area contributed by atoms with Crippen molar-refractivity contribution in [1.29, 1.82) is 0 Å². The molecule has 0 bridgehead atoms. The number of carbonyl (C=O) groups is 1. The molecular formula is C16H22N2O2. The van der Waals surface area contributed by atoms with Gasteiger partial charge in [0, 0.05) is 24.4 Å². The molecule has 0 saturated heterocycles. The van der Waals surface area contributed by atoms with Crippen LogP contribution in [-0.2, 0) is 4.79 Å². The van der Waals surface area contributed by atoms with E-state index < -0.39 is 0 Å². The van der Waals surface area contributed by atoms with Gasteiger partial charge in [0.05, 0.1) is 6.04 Å². The largest absolute Gasteiger partial charge is 0.459 e. The molecule has 0 saturated carbocycles. The molecular weight excluding hydrogens is 252 g/mol. The van der Waals surface area contributed by atoms with E-state index in [1.54, 1.807) is 0 Å². The van der Waals surface area contributed by atoms with E-state index in [1.165, 1.54) is 0 Å². The highest BCUT2D eigenvalue weighted by molar-refractivity contribution is 5.79. The Labute approximate surface area is 119 Å². The van der Waals surface area contributed by atoms with E-state index in [9.17, 15) is 4.79 Å². The monoisotopic (exact) mass is 274 g/mol. The summed E-state index contributed by atoms with van der Waals surface area (Å²) in [7, 11) is 0. The van der Waals surface area contributed by atoms with E-state index in [4.69, 9.17) is 4.42 Å². The minimum absolute atomic E-state index is 0.0334. The topological polar surface area (TPSA) is 54.3 Å². The minimum Gasteiger partial charge on any atom is -0.459 e. The molecule has 0 aliphatic rings. The van der Waals surface area contributed by atoms with Crippen molar-refractivity contribution in [2.75, 3.05) is 6.54 Å². The van der Waals surface area contributed by atoms with Crippen molar-refractivity contribution in [3.05, 3.63) is 36.1 Å². The van der Waals surface area contributed by atoms with Gasteiger partial charge in [0.2, 0.25) is 5.91 Å². The lowest BCUT2D eigenvalue weighted by atomic mass is 10.2. The van der Waals surface area contributed by atoms with E-state index in [0.29, 0.717) is 19.0 Å². The zero-order chi connectivity index (χ0) is 14.5. The van der Waals surface area contributed by atoms with Crippen LogP contribution in [0.5, 0.6) is 0 Å². The number of rotatable bonds is 6. The van der Waals surface area contributed by atoms with Crippen LogP contribution in [0.1, 0.15) is 39.0 Å². The number of carbonyl (C=O) groups excluding carboxylic acids is 1. The van der Waals surface area contributed by atoms with E-state index in [2.05, 4.69) is 24.5 Å². The van der Waals surface area contributed by atoms with Gasteiger partial charge >= 0.3 is 0 Å². The lowest BCUT2D eigenvalue weighted by Gasteiger charge is -2.12. The number of hydrogen-bond acceptors (Lipinski definition) is 3. The van der Waals surface area contributed by atoms with E-state index in [0.717, 1.165) is 16.7 Å².